The molecule has 1 heterocycles. The molecule has 0 spiro atoms. The lowest BCUT2D eigenvalue weighted by molar-refractivity contribution is -0.0514. The monoisotopic (exact) mass is 446 g/mol. The highest BCUT2D eigenvalue weighted by molar-refractivity contribution is 5.79. The third kappa shape index (κ3) is 7.37. The van der Waals surface area contributed by atoms with Crippen LogP contribution in [-0.2, 0) is 19.6 Å². The number of nitrogens with zero attached hydrogens (tertiary/aromatic N) is 2. The summed E-state index contributed by atoms with van der Waals surface area (Å²) in [6.07, 6.45) is 2.60. The van der Waals surface area contributed by atoms with Crippen molar-refractivity contribution in [2.24, 2.45) is 4.99 Å². The highest BCUT2D eigenvalue weighted by Gasteiger charge is 2.13. The van der Waals surface area contributed by atoms with Crippen molar-refractivity contribution in [3.05, 3.63) is 59.2 Å². The number of halogens is 2. The number of nitrogens with one attached hydrogen (secondary N) is 2. The van der Waals surface area contributed by atoms with Crippen molar-refractivity contribution in [3.63, 3.8) is 0 Å². The topological polar surface area (TPSA) is 58.1 Å². The summed E-state index contributed by atoms with van der Waals surface area (Å²) in [4.78, 5) is 6.74. The minimum Gasteiger partial charge on any atom is -0.490 e. The van der Waals surface area contributed by atoms with Crippen molar-refractivity contribution in [2.45, 2.75) is 46.0 Å². The number of hydrogen-bond donors (Lipinski definition) is 2. The van der Waals surface area contributed by atoms with Gasteiger partial charge in [0.25, 0.3) is 0 Å². The van der Waals surface area contributed by atoms with E-state index in [0.29, 0.717) is 31.4 Å². The van der Waals surface area contributed by atoms with Crippen molar-refractivity contribution >= 4 is 5.96 Å². The van der Waals surface area contributed by atoms with E-state index in [1.165, 1.54) is 43.1 Å². The van der Waals surface area contributed by atoms with Gasteiger partial charge in [-0.25, -0.2) is 0 Å². The number of hydrogen-bond acceptors (Lipinski definition) is 4. The summed E-state index contributed by atoms with van der Waals surface area (Å²) in [6.45, 7) is 3.77. The van der Waals surface area contributed by atoms with Gasteiger partial charge in [0.05, 0.1) is 6.61 Å². The van der Waals surface area contributed by atoms with Crippen LogP contribution < -0.4 is 20.1 Å². The van der Waals surface area contributed by atoms with E-state index in [1.807, 2.05) is 0 Å². The van der Waals surface area contributed by atoms with Crippen LogP contribution in [-0.4, -0.2) is 44.2 Å². The van der Waals surface area contributed by atoms with Crippen LogP contribution in [0.3, 0.4) is 0 Å². The first kappa shape index (κ1) is 23.8. The number of benzene rings is 2. The molecule has 0 aromatic heterocycles. The van der Waals surface area contributed by atoms with E-state index in [9.17, 15) is 8.78 Å². The van der Waals surface area contributed by atoms with Crippen LogP contribution in [0.5, 0.6) is 11.5 Å². The highest BCUT2D eigenvalue weighted by atomic mass is 19.3. The fourth-order valence-electron chi connectivity index (χ4n) is 3.68. The summed E-state index contributed by atoms with van der Waals surface area (Å²) < 4.78 is 35.1. The molecule has 2 N–H and O–H groups in total. The number of alkyl halides is 2. The van der Waals surface area contributed by atoms with E-state index in [1.54, 1.807) is 26.1 Å². The van der Waals surface area contributed by atoms with Gasteiger partial charge in [0.2, 0.25) is 0 Å². The molecule has 3 rings (SSSR count). The number of ether oxygens (including phenoxy) is 2. The molecule has 1 aliphatic heterocycles. The Labute approximate surface area is 188 Å². The molecule has 32 heavy (non-hydrogen) atoms. The van der Waals surface area contributed by atoms with Crippen molar-refractivity contribution < 1.29 is 18.3 Å². The van der Waals surface area contributed by atoms with Crippen molar-refractivity contribution in [3.8, 4) is 11.5 Å². The highest BCUT2D eigenvalue weighted by Crippen LogP contribution is 2.29. The molecular formula is C24H32F2N4O2. The summed E-state index contributed by atoms with van der Waals surface area (Å²) >= 11 is 0. The van der Waals surface area contributed by atoms with Crippen LogP contribution in [0.25, 0.3) is 0 Å². The van der Waals surface area contributed by atoms with Crippen LogP contribution >= 0.6 is 0 Å². The Morgan fingerprint density at radius 3 is 2.22 bits per heavy atom. The molecule has 0 aliphatic carbocycles. The number of rotatable bonds is 10. The molecule has 0 unspecified atom stereocenters. The minimum absolute atomic E-state index is 0.0290. The molecule has 0 radical (unpaired) electrons. The van der Waals surface area contributed by atoms with Crippen molar-refractivity contribution in [1.82, 2.24) is 15.5 Å². The van der Waals surface area contributed by atoms with E-state index in [4.69, 9.17) is 4.74 Å². The van der Waals surface area contributed by atoms with Crippen LogP contribution in [0.2, 0.25) is 0 Å². The summed E-state index contributed by atoms with van der Waals surface area (Å²) in [5.41, 5.74) is 3.37. The average Bonchev–Trinajstić information content (AvgIpc) is 3.29. The van der Waals surface area contributed by atoms with Gasteiger partial charge in [-0.2, -0.15) is 8.78 Å². The molecule has 0 amide bonds. The lowest BCUT2D eigenvalue weighted by atomic mass is 10.1. The molecule has 0 saturated carbocycles. The standard InChI is InChI=1S/C24H32F2N4O2/c1-3-31-22-14-20(10-11-21(22)32-23(25)26)16-29-24(27-2)28-15-18-6-8-19(9-7-18)17-30-12-4-5-13-30/h6-11,14,23H,3-5,12-13,15-17H2,1-2H3,(H2,27,28,29). The predicted molar refractivity (Wildman–Crippen MR) is 122 cm³/mol. The fraction of sp³-hybridized carbons (Fsp3) is 0.458. The Kier molecular flexibility index (Phi) is 9.10. The zero-order valence-corrected chi connectivity index (χ0v) is 18.7. The maximum Gasteiger partial charge on any atom is 0.387 e. The summed E-state index contributed by atoms with van der Waals surface area (Å²) in [6, 6.07) is 13.6. The Morgan fingerprint density at radius 1 is 0.969 bits per heavy atom. The van der Waals surface area contributed by atoms with Gasteiger partial charge in [-0.05, 0) is 61.7 Å². The SMILES string of the molecule is CCOc1cc(CNC(=NC)NCc2ccc(CN3CCCC3)cc2)ccc1OC(F)F. The zero-order valence-electron chi connectivity index (χ0n) is 18.7. The second-order valence-electron chi connectivity index (χ2n) is 7.67. The van der Waals surface area contributed by atoms with Crippen LogP contribution in [0, 0.1) is 0 Å². The lowest BCUT2D eigenvalue weighted by Gasteiger charge is -2.16. The quantitative estimate of drug-likeness (QED) is 0.424. The molecule has 8 heteroatoms. The summed E-state index contributed by atoms with van der Waals surface area (Å²) in [7, 11) is 1.71. The third-order valence-electron chi connectivity index (χ3n) is 5.30. The molecule has 2 aromatic carbocycles. The van der Waals surface area contributed by atoms with Gasteiger partial charge in [-0.15, -0.1) is 0 Å². The second kappa shape index (κ2) is 12.2. The van der Waals surface area contributed by atoms with E-state index >= 15 is 0 Å². The van der Waals surface area contributed by atoms with Crippen LogP contribution in [0.1, 0.15) is 36.5 Å². The van der Waals surface area contributed by atoms with Crippen LogP contribution in [0.4, 0.5) is 8.78 Å². The van der Waals surface area contributed by atoms with E-state index in [0.717, 1.165) is 12.1 Å². The van der Waals surface area contributed by atoms with Gasteiger partial charge < -0.3 is 20.1 Å². The molecule has 2 aromatic rings. The molecule has 0 atom stereocenters. The van der Waals surface area contributed by atoms with Gasteiger partial charge in [0.1, 0.15) is 0 Å². The Morgan fingerprint density at radius 2 is 1.59 bits per heavy atom. The van der Waals surface area contributed by atoms with Gasteiger partial charge in [-0.3, -0.25) is 9.89 Å². The number of aliphatic imine (C=N–C) groups is 1. The number of guanidine groups is 1. The first-order chi connectivity index (χ1) is 15.6. The minimum atomic E-state index is -2.89. The first-order valence-electron chi connectivity index (χ1n) is 11.0. The molecular weight excluding hydrogens is 414 g/mol. The Bertz CT molecular complexity index is 869. The maximum absolute atomic E-state index is 12.6. The largest absolute Gasteiger partial charge is 0.490 e. The van der Waals surface area contributed by atoms with Crippen molar-refractivity contribution in [2.75, 3.05) is 26.7 Å². The number of likely N-dealkylation sites (tertiary alicyclic amines) is 1. The Hall–Kier alpha value is -2.87. The van der Waals surface area contributed by atoms with Gasteiger partial charge in [0.15, 0.2) is 17.5 Å². The van der Waals surface area contributed by atoms with E-state index < -0.39 is 6.61 Å². The molecule has 6 nitrogen and oxygen atoms in total. The smallest absolute Gasteiger partial charge is 0.387 e. The molecule has 1 saturated heterocycles. The van der Waals surface area contributed by atoms with Gasteiger partial charge >= 0.3 is 6.61 Å². The summed E-state index contributed by atoms with van der Waals surface area (Å²) in [5, 5.41) is 6.53. The third-order valence-corrected chi connectivity index (χ3v) is 5.30. The zero-order chi connectivity index (χ0) is 22.8. The van der Waals surface area contributed by atoms with E-state index in [-0.39, 0.29) is 5.75 Å². The van der Waals surface area contributed by atoms with Crippen molar-refractivity contribution in [1.29, 1.82) is 0 Å². The van der Waals surface area contributed by atoms with E-state index in [2.05, 4.69) is 49.5 Å². The first-order valence-corrected chi connectivity index (χ1v) is 11.0. The normalized spacial score (nSPS) is 14.6. The lowest BCUT2D eigenvalue weighted by Crippen LogP contribution is -2.36. The predicted octanol–water partition coefficient (Wildman–Crippen LogP) is 4.15. The molecule has 0 bridgehead atoms. The molecule has 1 aliphatic rings. The summed E-state index contributed by atoms with van der Waals surface area (Å²) in [5.74, 6) is 0.974. The maximum atomic E-state index is 12.6. The average molecular weight is 447 g/mol. The molecule has 174 valence electrons. The van der Waals surface area contributed by atoms with Crippen LogP contribution in [0.15, 0.2) is 47.5 Å². The molecule has 1 fully saturated rings. The van der Waals surface area contributed by atoms with Gasteiger partial charge in [-0.1, -0.05) is 30.3 Å². The van der Waals surface area contributed by atoms with Gasteiger partial charge in [0, 0.05) is 26.7 Å². The second-order valence-corrected chi connectivity index (χ2v) is 7.67. The Balaban J connectivity index is 1.49. The fourth-order valence-corrected chi connectivity index (χ4v) is 3.68.